The van der Waals surface area contributed by atoms with Gasteiger partial charge in [0.25, 0.3) is 5.91 Å². The van der Waals surface area contributed by atoms with E-state index in [9.17, 15) is 4.79 Å². The van der Waals surface area contributed by atoms with Crippen LogP contribution in [0.5, 0.6) is 0 Å². The number of carbonyl (C=O) groups is 1. The molecule has 0 unspecified atom stereocenters. The lowest BCUT2D eigenvalue weighted by Gasteiger charge is -2.38. The molecule has 2 aromatic rings. The summed E-state index contributed by atoms with van der Waals surface area (Å²) in [6.07, 6.45) is 3.20. The molecule has 1 fully saturated rings. The minimum absolute atomic E-state index is 0.0836. The Balaban J connectivity index is 1.86. The van der Waals surface area contributed by atoms with E-state index in [1.54, 1.807) is 24.3 Å². The van der Waals surface area contributed by atoms with Crippen LogP contribution >= 0.6 is 23.2 Å². The lowest BCUT2D eigenvalue weighted by atomic mass is 9.97. The number of piperidine rings is 1. The number of aromatic nitrogens is 1. The van der Waals surface area contributed by atoms with Crippen LogP contribution < -0.4 is 0 Å². The predicted molar refractivity (Wildman–Crippen MR) is 90.9 cm³/mol. The highest BCUT2D eigenvalue weighted by atomic mass is 35.5. The number of hydrogen-bond acceptors (Lipinski definition) is 3. The maximum atomic E-state index is 12.7. The average molecular weight is 353 g/mol. The number of hydrogen-bond donors (Lipinski definition) is 0. The molecule has 122 valence electrons. The highest BCUT2D eigenvalue weighted by Crippen LogP contribution is 2.30. The smallest absolute Gasteiger partial charge is 0.276 e. The molecule has 4 nitrogen and oxygen atoms in total. The number of halogens is 2. The van der Waals surface area contributed by atoms with Gasteiger partial charge in [0.05, 0.1) is 10.0 Å². The summed E-state index contributed by atoms with van der Waals surface area (Å²) >= 11 is 11.9. The Morgan fingerprint density at radius 2 is 1.87 bits per heavy atom. The minimum atomic E-state index is -0.0836. The van der Waals surface area contributed by atoms with Crippen LogP contribution in [-0.4, -0.2) is 28.0 Å². The van der Waals surface area contributed by atoms with Gasteiger partial charge in [-0.3, -0.25) is 4.79 Å². The molecule has 1 saturated heterocycles. The van der Waals surface area contributed by atoms with Crippen molar-refractivity contribution in [2.24, 2.45) is 0 Å². The van der Waals surface area contributed by atoms with Crippen molar-refractivity contribution in [1.29, 1.82) is 0 Å². The quantitative estimate of drug-likeness (QED) is 0.759. The van der Waals surface area contributed by atoms with Crippen molar-refractivity contribution in [2.75, 3.05) is 0 Å². The molecule has 0 bridgehead atoms. The van der Waals surface area contributed by atoms with E-state index < -0.39 is 0 Å². The average Bonchev–Trinajstić information content (AvgIpc) is 2.99. The molecule has 1 aliphatic heterocycles. The van der Waals surface area contributed by atoms with Crippen LogP contribution in [0.2, 0.25) is 10.0 Å². The topological polar surface area (TPSA) is 46.3 Å². The number of nitrogens with zero attached hydrogens (tertiary/aromatic N) is 2. The molecular weight excluding hydrogens is 335 g/mol. The summed E-state index contributed by atoms with van der Waals surface area (Å²) in [6, 6.07) is 7.28. The molecule has 0 N–H and O–H groups in total. The summed E-state index contributed by atoms with van der Waals surface area (Å²) in [5.41, 5.74) is 1.07. The number of benzene rings is 1. The van der Waals surface area contributed by atoms with E-state index >= 15 is 0 Å². The first-order valence-corrected chi connectivity index (χ1v) is 8.47. The van der Waals surface area contributed by atoms with Gasteiger partial charge < -0.3 is 9.42 Å². The van der Waals surface area contributed by atoms with Crippen molar-refractivity contribution < 1.29 is 9.32 Å². The summed E-state index contributed by atoms with van der Waals surface area (Å²) in [6.45, 7) is 4.15. The first kappa shape index (κ1) is 16.3. The van der Waals surface area contributed by atoms with Gasteiger partial charge in [0.1, 0.15) is 0 Å². The lowest BCUT2D eigenvalue weighted by Crippen LogP contribution is -2.47. The van der Waals surface area contributed by atoms with Gasteiger partial charge in [0.15, 0.2) is 11.5 Å². The number of carbonyl (C=O) groups excluding carboxylic acids is 1. The van der Waals surface area contributed by atoms with Crippen LogP contribution in [0.25, 0.3) is 11.3 Å². The van der Waals surface area contributed by atoms with E-state index in [1.807, 2.05) is 4.90 Å². The molecule has 2 heterocycles. The zero-order chi connectivity index (χ0) is 16.6. The summed E-state index contributed by atoms with van der Waals surface area (Å²) in [4.78, 5) is 14.6. The fourth-order valence-corrected chi connectivity index (χ4v) is 3.41. The molecular formula is C17H18Cl2N2O2. The maximum absolute atomic E-state index is 12.7. The minimum Gasteiger partial charge on any atom is -0.355 e. The summed E-state index contributed by atoms with van der Waals surface area (Å²) in [5, 5.41) is 4.86. The third kappa shape index (κ3) is 3.24. The summed E-state index contributed by atoms with van der Waals surface area (Å²) < 4.78 is 5.33. The van der Waals surface area contributed by atoms with Gasteiger partial charge in [-0.15, -0.1) is 0 Å². The standard InChI is InChI=1S/C17H18Cl2N2O2/c1-10-4-3-5-11(2)21(10)17(22)15-9-16(23-20-15)12-6-7-13(18)14(19)8-12/h6-11H,3-5H2,1-2H3/t10-,11-/m0/s1. The van der Waals surface area contributed by atoms with Crippen LogP contribution in [-0.2, 0) is 0 Å². The van der Waals surface area contributed by atoms with Gasteiger partial charge in [-0.1, -0.05) is 28.4 Å². The summed E-state index contributed by atoms with van der Waals surface area (Å²) in [7, 11) is 0. The molecule has 1 aromatic heterocycles. The molecule has 2 atom stereocenters. The Bertz CT molecular complexity index is 719. The molecule has 1 aliphatic rings. The van der Waals surface area contributed by atoms with Gasteiger partial charge in [0.2, 0.25) is 0 Å². The van der Waals surface area contributed by atoms with Crippen LogP contribution in [0.3, 0.4) is 0 Å². The normalized spacial score (nSPS) is 21.5. The van der Waals surface area contributed by atoms with E-state index in [4.69, 9.17) is 27.7 Å². The number of likely N-dealkylation sites (tertiary alicyclic amines) is 1. The Morgan fingerprint density at radius 1 is 1.17 bits per heavy atom. The number of rotatable bonds is 2. The molecule has 3 rings (SSSR count). The van der Waals surface area contributed by atoms with Gasteiger partial charge in [-0.2, -0.15) is 0 Å². The second-order valence-electron chi connectivity index (χ2n) is 6.05. The van der Waals surface area contributed by atoms with Crippen molar-refractivity contribution in [3.8, 4) is 11.3 Å². The zero-order valence-electron chi connectivity index (χ0n) is 13.1. The fraction of sp³-hybridized carbons (Fsp3) is 0.412. The van der Waals surface area contributed by atoms with E-state index in [-0.39, 0.29) is 18.0 Å². The van der Waals surface area contributed by atoms with Gasteiger partial charge >= 0.3 is 0 Å². The third-order valence-corrected chi connectivity index (χ3v) is 5.10. The van der Waals surface area contributed by atoms with E-state index in [1.165, 1.54) is 0 Å². The Morgan fingerprint density at radius 3 is 2.52 bits per heavy atom. The second kappa shape index (κ2) is 6.54. The van der Waals surface area contributed by atoms with Gasteiger partial charge in [-0.05, 0) is 51.3 Å². The molecule has 23 heavy (non-hydrogen) atoms. The predicted octanol–water partition coefficient (Wildman–Crippen LogP) is 5.05. The maximum Gasteiger partial charge on any atom is 0.276 e. The number of amides is 1. The molecule has 0 aliphatic carbocycles. The van der Waals surface area contributed by atoms with Crippen LogP contribution in [0.4, 0.5) is 0 Å². The van der Waals surface area contributed by atoms with Gasteiger partial charge in [0, 0.05) is 23.7 Å². The summed E-state index contributed by atoms with van der Waals surface area (Å²) in [5.74, 6) is 0.420. The van der Waals surface area contributed by atoms with Crippen molar-refractivity contribution in [1.82, 2.24) is 10.1 Å². The Labute approximate surface area is 145 Å². The first-order valence-electron chi connectivity index (χ1n) is 7.72. The SMILES string of the molecule is C[C@H]1CCC[C@H](C)N1C(=O)c1cc(-c2ccc(Cl)c(Cl)c2)on1. The lowest BCUT2D eigenvalue weighted by molar-refractivity contribution is 0.0500. The van der Waals surface area contributed by atoms with E-state index in [0.29, 0.717) is 21.5 Å². The van der Waals surface area contributed by atoms with Crippen LogP contribution in [0, 0.1) is 0 Å². The molecule has 1 amide bonds. The van der Waals surface area contributed by atoms with Crippen LogP contribution in [0.1, 0.15) is 43.6 Å². The van der Waals surface area contributed by atoms with Crippen molar-refractivity contribution in [3.05, 3.63) is 40.0 Å². The van der Waals surface area contributed by atoms with E-state index in [0.717, 1.165) is 24.8 Å². The Kier molecular flexibility index (Phi) is 4.64. The van der Waals surface area contributed by atoms with Crippen molar-refractivity contribution in [3.63, 3.8) is 0 Å². The molecule has 0 radical (unpaired) electrons. The molecule has 1 aromatic carbocycles. The van der Waals surface area contributed by atoms with Crippen LogP contribution in [0.15, 0.2) is 28.8 Å². The Hall–Kier alpha value is -1.52. The monoisotopic (exact) mass is 352 g/mol. The third-order valence-electron chi connectivity index (χ3n) is 4.36. The zero-order valence-corrected chi connectivity index (χ0v) is 14.6. The largest absolute Gasteiger partial charge is 0.355 e. The molecule has 6 heteroatoms. The van der Waals surface area contributed by atoms with E-state index in [2.05, 4.69) is 19.0 Å². The van der Waals surface area contributed by atoms with Gasteiger partial charge in [-0.25, -0.2) is 0 Å². The highest BCUT2D eigenvalue weighted by Gasteiger charge is 2.31. The first-order chi connectivity index (χ1) is 11.0. The molecule has 0 saturated carbocycles. The molecule has 0 spiro atoms. The van der Waals surface area contributed by atoms with Crippen molar-refractivity contribution in [2.45, 2.75) is 45.2 Å². The second-order valence-corrected chi connectivity index (χ2v) is 6.86. The highest BCUT2D eigenvalue weighted by molar-refractivity contribution is 6.42. The fourth-order valence-electron chi connectivity index (χ4n) is 3.12. The van der Waals surface area contributed by atoms with Crippen molar-refractivity contribution >= 4 is 29.1 Å².